The average molecular weight is 420 g/mol. The summed E-state index contributed by atoms with van der Waals surface area (Å²) in [7, 11) is 1.57. The van der Waals surface area contributed by atoms with Crippen molar-refractivity contribution in [3.05, 3.63) is 35.4 Å². The molecule has 3 amide bonds. The first-order valence-electron chi connectivity index (χ1n) is 10.6. The molecule has 0 spiro atoms. The number of likely N-dealkylation sites (N-methyl/N-ethyl adjacent to an activating group) is 1. The third kappa shape index (κ3) is 8.43. The van der Waals surface area contributed by atoms with Crippen LogP contribution in [0.1, 0.15) is 71.6 Å². The Hall–Kier alpha value is -2.57. The van der Waals surface area contributed by atoms with Gasteiger partial charge in [-0.3, -0.25) is 9.59 Å². The van der Waals surface area contributed by atoms with Gasteiger partial charge >= 0.3 is 6.09 Å². The number of rotatable bonds is 9. The second-order valence-electron chi connectivity index (χ2n) is 8.56. The minimum Gasteiger partial charge on any atom is -0.444 e. The molecular formula is C23H37N3O4. The van der Waals surface area contributed by atoms with E-state index >= 15 is 0 Å². The van der Waals surface area contributed by atoms with Crippen molar-refractivity contribution in [3.63, 3.8) is 0 Å². The Morgan fingerprint density at radius 2 is 1.70 bits per heavy atom. The van der Waals surface area contributed by atoms with Gasteiger partial charge in [0, 0.05) is 13.1 Å². The highest BCUT2D eigenvalue weighted by Crippen LogP contribution is 2.21. The molecule has 1 rings (SSSR count). The van der Waals surface area contributed by atoms with E-state index < -0.39 is 17.7 Å². The number of nitrogens with one attached hydrogen (secondary N) is 2. The second-order valence-corrected chi connectivity index (χ2v) is 8.56. The molecule has 1 aromatic carbocycles. The molecule has 2 atom stereocenters. The van der Waals surface area contributed by atoms with Crippen molar-refractivity contribution in [3.8, 4) is 0 Å². The molecule has 0 aliphatic carbocycles. The highest BCUT2D eigenvalue weighted by Gasteiger charge is 2.29. The summed E-state index contributed by atoms with van der Waals surface area (Å²) in [4.78, 5) is 39.0. The van der Waals surface area contributed by atoms with E-state index in [9.17, 15) is 14.4 Å². The first-order valence-corrected chi connectivity index (χ1v) is 10.6. The first-order chi connectivity index (χ1) is 14.0. The largest absolute Gasteiger partial charge is 0.444 e. The predicted octanol–water partition coefficient (Wildman–Crippen LogP) is 3.58. The van der Waals surface area contributed by atoms with Crippen LogP contribution in [0.3, 0.4) is 0 Å². The Morgan fingerprint density at radius 1 is 1.10 bits per heavy atom. The quantitative estimate of drug-likeness (QED) is 0.640. The molecule has 0 saturated heterocycles. The van der Waals surface area contributed by atoms with Crippen LogP contribution in [0, 0.1) is 0 Å². The fourth-order valence-electron chi connectivity index (χ4n) is 3.04. The lowest BCUT2D eigenvalue weighted by atomic mass is 10.0. The van der Waals surface area contributed by atoms with Crippen LogP contribution in [0.2, 0.25) is 0 Å². The Kier molecular flexibility index (Phi) is 9.82. The molecule has 0 aliphatic heterocycles. The minimum atomic E-state index is -0.789. The third-order valence-electron chi connectivity index (χ3n) is 4.63. The maximum absolute atomic E-state index is 13.0. The van der Waals surface area contributed by atoms with E-state index in [-0.39, 0.29) is 24.4 Å². The Bertz CT molecular complexity index is 710. The molecule has 0 aliphatic rings. The van der Waals surface area contributed by atoms with Gasteiger partial charge in [-0.05, 0) is 51.7 Å². The molecule has 1 aromatic rings. The van der Waals surface area contributed by atoms with Gasteiger partial charge in [0.25, 0.3) is 0 Å². The lowest BCUT2D eigenvalue weighted by Gasteiger charge is -2.29. The zero-order valence-corrected chi connectivity index (χ0v) is 19.4. The van der Waals surface area contributed by atoms with E-state index in [1.807, 2.05) is 31.2 Å². The van der Waals surface area contributed by atoms with Crippen LogP contribution in [0.25, 0.3) is 0 Å². The molecule has 0 saturated carbocycles. The molecule has 168 valence electrons. The number of amides is 3. The molecule has 0 aromatic heterocycles. The lowest BCUT2D eigenvalue weighted by Crippen LogP contribution is -2.47. The summed E-state index contributed by atoms with van der Waals surface area (Å²) in [6.07, 6.45) is 2.02. The molecular weight excluding hydrogens is 382 g/mol. The fraction of sp³-hybridized carbons (Fsp3) is 0.609. The number of benzene rings is 1. The van der Waals surface area contributed by atoms with E-state index in [1.54, 1.807) is 27.8 Å². The lowest BCUT2D eigenvalue weighted by molar-refractivity contribution is -0.138. The van der Waals surface area contributed by atoms with Crippen molar-refractivity contribution in [1.82, 2.24) is 15.5 Å². The van der Waals surface area contributed by atoms with Crippen LogP contribution in [-0.4, -0.2) is 48.0 Å². The molecule has 7 nitrogen and oxygen atoms in total. The number of hydrogen-bond donors (Lipinski definition) is 2. The standard InChI is InChI=1S/C23H37N3O4/c1-8-10-16(3)25-21(28)20(18-13-11-17(9-2)12-14-18)26(7)19(27)15-24-22(29)30-23(4,5)6/h11-14,16,20H,8-10,15H2,1-7H3,(H,24,29)(H,25,28). The van der Waals surface area contributed by atoms with E-state index in [1.165, 1.54) is 4.90 Å². The molecule has 0 fully saturated rings. The molecule has 0 bridgehead atoms. The van der Waals surface area contributed by atoms with E-state index in [0.717, 1.165) is 30.4 Å². The minimum absolute atomic E-state index is 0.00306. The van der Waals surface area contributed by atoms with Gasteiger partial charge in [-0.25, -0.2) is 4.79 Å². The van der Waals surface area contributed by atoms with E-state index in [0.29, 0.717) is 0 Å². The van der Waals surface area contributed by atoms with Gasteiger partial charge in [0.15, 0.2) is 0 Å². The first kappa shape index (κ1) is 25.5. The zero-order valence-electron chi connectivity index (χ0n) is 19.4. The topological polar surface area (TPSA) is 87.7 Å². The summed E-state index contributed by atoms with van der Waals surface area (Å²) in [6.45, 7) is 11.1. The van der Waals surface area contributed by atoms with Crippen molar-refractivity contribution in [2.45, 2.75) is 78.5 Å². The van der Waals surface area contributed by atoms with Crippen molar-refractivity contribution in [2.24, 2.45) is 0 Å². The number of aryl methyl sites for hydroxylation is 1. The summed E-state index contributed by atoms with van der Waals surface area (Å²) in [6, 6.07) is 6.88. The fourth-order valence-corrected chi connectivity index (χ4v) is 3.04. The summed E-state index contributed by atoms with van der Waals surface area (Å²) in [5.41, 5.74) is 1.22. The monoisotopic (exact) mass is 419 g/mol. The Morgan fingerprint density at radius 3 is 2.20 bits per heavy atom. The number of hydrogen-bond acceptors (Lipinski definition) is 4. The zero-order chi connectivity index (χ0) is 22.9. The highest BCUT2D eigenvalue weighted by molar-refractivity contribution is 5.90. The smallest absolute Gasteiger partial charge is 0.408 e. The maximum Gasteiger partial charge on any atom is 0.408 e. The van der Waals surface area contributed by atoms with Crippen LogP contribution >= 0.6 is 0 Å². The van der Waals surface area contributed by atoms with Gasteiger partial charge in [-0.1, -0.05) is 44.5 Å². The van der Waals surface area contributed by atoms with Crippen LogP contribution in [0.4, 0.5) is 4.79 Å². The van der Waals surface area contributed by atoms with Crippen molar-refractivity contribution in [1.29, 1.82) is 0 Å². The molecule has 0 heterocycles. The summed E-state index contributed by atoms with van der Waals surface area (Å²) in [5.74, 6) is -0.628. The normalized spacial score (nSPS) is 13.2. The van der Waals surface area contributed by atoms with Crippen molar-refractivity contribution in [2.75, 3.05) is 13.6 Å². The number of carbonyl (C=O) groups is 3. The summed E-state index contributed by atoms with van der Waals surface area (Å²) < 4.78 is 5.17. The van der Waals surface area contributed by atoms with Gasteiger partial charge < -0.3 is 20.3 Å². The van der Waals surface area contributed by atoms with Crippen molar-refractivity contribution < 1.29 is 19.1 Å². The van der Waals surface area contributed by atoms with Gasteiger partial charge in [-0.15, -0.1) is 0 Å². The van der Waals surface area contributed by atoms with Crippen LogP contribution < -0.4 is 10.6 Å². The number of ether oxygens (including phenoxy) is 1. The van der Waals surface area contributed by atoms with Gasteiger partial charge in [-0.2, -0.15) is 0 Å². The molecule has 2 unspecified atom stereocenters. The van der Waals surface area contributed by atoms with Gasteiger partial charge in [0.2, 0.25) is 11.8 Å². The van der Waals surface area contributed by atoms with Gasteiger partial charge in [0.05, 0.1) is 0 Å². The second kappa shape index (κ2) is 11.6. The van der Waals surface area contributed by atoms with Crippen LogP contribution in [0.5, 0.6) is 0 Å². The maximum atomic E-state index is 13.0. The SMILES string of the molecule is CCCC(C)NC(=O)C(c1ccc(CC)cc1)N(C)C(=O)CNC(=O)OC(C)(C)C. The van der Waals surface area contributed by atoms with Crippen LogP contribution in [0.15, 0.2) is 24.3 Å². The molecule has 2 N–H and O–H groups in total. The Labute approximate surface area is 180 Å². The van der Waals surface area contributed by atoms with Crippen LogP contribution in [-0.2, 0) is 20.7 Å². The predicted molar refractivity (Wildman–Crippen MR) is 118 cm³/mol. The van der Waals surface area contributed by atoms with E-state index in [4.69, 9.17) is 4.74 Å². The van der Waals surface area contributed by atoms with E-state index in [2.05, 4.69) is 24.5 Å². The Balaban J connectivity index is 2.97. The average Bonchev–Trinajstić information content (AvgIpc) is 2.65. The molecule has 7 heteroatoms. The highest BCUT2D eigenvalue weighted by atomic mass is 16.6. The summed E-state index contributed by atoms with van der Waals surface area (Å²) in [5, 5.41) is 5.46. The third-order valence-corrected chi connectivity index (χ3v) is 4.63. The van der Waals surface area contributed by atoms with Crippen molar-refractivity contribution >= 4 is 17.9 Å². The number of carbonyl (C=O) groups excluding carboxylic acids is 3. The van der Waals surface area contributed by atoms with Gasteiger partial charge in [0.1, 0.15) is 18.2 Å². The molecule has 0 radical (unpaired) electrons. The number of nitrogens with zero attached hydrogens (tertiary/aromatic N) is 1. The summed E-state index contributed by atoms with van der Waals surface area (Å²) >= 11 is 0. The molecule has 30 heavy (non-hydrogen) atoms. The number of alkyl carbamates (subject to hydrolysis) is 1.